The Morgan fingerprint density at radius 3 is 2.78 bits per heavy atom. The number of hydrogen-bond donors (Lipinski definition) is 1. The van der Waals surface area contributed by atoms with E-state index >= 15 is 0 Å². The lowest BCUT2D eigenvalue weighted by Gasteiger charge is -2.25. The highest BCUT2D eigenvalue weighted by atomic mass is 16.5. The van der Waals surface area contributed by atoms with E-state index in [0.717, 1.165) is 44.7 Å². The first-order chi connectivity index (χ1) is 8.77. The van der Waals surface area contributed by atoms with Crippen molar-refractivity contribution >= 4 is 5.97 Å². The highest BCUT2D eigenvalue weighted by Crippen LogP contribution is 2.32. The van der Waals surface area contributed by atoms with Gasteiger partial charge in [-0.15, -0.1) is 10.2 Å². The molecule has 98 valence electrons. The normalized spacial score (nSPS) is 27.8. The highest BCUT2D eigenvalue weighted by Gasteiger charge is 2.33. The van der Waals surface area contributed by atoms with Gasteiger partial charge in [0.05, 0.1) is 0 Å². The molecule has 0 spiro atoms. The van der Waals surface area contributed by atoms with Gasteiger partial charge in [0, 0.05) is 13.2 Å². The molecular weight excluding hydrogens is 234 g/mol. The van der Waals surface area contributed by atoms with Gasteiger partial charge in [-0.25, -0.2) is 0 Å². The number of hydrogen-bond acceptors (Lipinski definition) is 4. The van der Waals surface area contributed by atoms with E-state index in [-0.39, 0.29) is 6.10 Å². The molecule has 1 fully saturated rings. The van der Waals surface area contributed by atoms with E-state index in [2.05, 4.69) is 10.2 Å². The fourth-order valence-electron chi connectivity index (χ4n) is 2.81. The maximum Gasteiger partial charge on any atom is 0.314 e. The highest BCUT2D eigenvalue weighted by molar-refractivity contribution is 5.75. The molecule has 2 unspecified atom stereocenters. The van der Waals surface area contributed by atoms with Gasteiger partial charge in [0.1, 0.15) is 17.8 Å². The predicted octanol–water partition coefficient (Wildman–Crippen LogP) is 1.48. The van der Waals surface area contributed by atoms with Gasteiger partial charge in [0.25, 0.3) is 0 Å². The van der Waals surface area contributed by atoms with Gasteiger partial charge in [-0.3, -0.25) is 4.79 Å². The van der Waals surface area contributed by atoms with Gasteiger partial charge in [0.2, 0.25) is 0 Å². The quantitative estimate of drug-likeness (QED) is 0.861. The molecule has 1 saturated heterocycles. The van der Waals surface area contributed by atoms with Crippen molar-refractivity contribution in [1.29, 1.82) is 0 Å². The monoisotopic (exact) mass is 251 g/mol. The van der Waals surface area contributed by atoms with Crippen molar-refractivity contribution in [1.82, 2.24) is 14.8 Å². The van der Waals surface area contributed by atoms with Crippen LogP contribution in [0, 0.1) is 0 Å². The van der Waals surface area contributed by atoms with Gasteiger partial charge >= 0.3 is 5.97 Å². The zero-order valence-corrected chi connectivity index (χ0v) is 10.2. The van der Waals surface area contributed by atoms with Crippen LogP contribution in [-0.2, 0) is 16.1 Å². The van der Waals surface area contributed by atoms with Crippen LogP contribution in [0.3, 0.4) is 0 Å². The Labute approximate surface area is 105 Å². The number of aliphatic carboxylic acids is 1. The molecule has 6 nitrogen and oxygen atoms in total. The first-order valence-corrected chi connectivity index (χ1v) is 6.55. The number of carboxylic acids is 1. The van der Waals surface area contributed by atoms with E-state index in [4.69, 9.17) is 4.74 Å². The number of fused-ring (bicyclic) bond motifs is 1. The van der Waals surface area contributed by atoms with Gasteiger partial charge in [-0.05, 0) is 32.1 Å². The molecule has 0 radical (unpaired) electrons. The average molecular weight is 251 g/mol. The Hall–Kier alpha value is -1.43. The Balaban J connectivity index is 1.91. The summed E-state index contributed by atoms with van der Waals surface area (Å²) >= 11 is 0. The van der Waals surface area contributed by atoms with E-state index < -0.39 is 11.9 Å². The fourth-order valence-corrected chi connectivity index (χ4v) is 2.81. The standard InChI is InChI=1S/C12H17N3O3/c16-12(17)8-4-3-6-15-10(8)13-14-11(15)9-5-1-2-7-18-9/h8-9H,1-7H2,(H,16,17). The van der Waals surface area contributed by atoms with E-state index in [9.17, 15) is 9.90 Å². The Kier molecular flexibility index (Phi) is 3.03. The summed E-state index contributed by atoms with van der Waals surface area (Å²) < 4.78 is 7.67. The minimum absolute atomic E-state index is 0.00690. The van der Waals surface area contributed by atoms with Crippen LogP contribution in [0.15, 0.2) is 0 Å². The summed E-state index contributed by atoms with van der Waals surface area (Å²) in [6.45, 7) is 1.57. The zero-order valence-electron chi connectivity index (χ0n) is 10.2. The molecule has 0 bridgehead atoms. The van der Waals surface area contributed by atoms with Gasteiger partial charge in [0.15, 0.2) is 5.82 Å². The summed E-state index contributed by atoms with van der Waals surface area (Å²) in [7, 11) is 0. The summed E-state index contributed by atoms with van der Waals surface area (Å²) in [5.41, 5.74) is 0. The zero-order chi connectivity index (χ0) is 12.5. The minimum atomic E-state index is -0.806. The van der Waals surface area contributed by atoms with Crippen molar-refractivity contribution in [3.8, 4) is 0 Å². The van der Waals surface area contributed by atoms with E-state index in [0.29, 0.717) is 12.2 Å². The number of aromatic nitrogens is 3. The molecule has 2 aliphatic rings. The molecular formula is C12H17N3O3. The topological polar surface area (TPSA) is 77.2 Å². The first-order valence-electron chi connectivity index (χ1n) is 6.55. The average Bonchev–Trinajstić information content (AvgIpc) is 2.83. The van der Waals surface area contributed by atoms with E-state index in [1.54, 1.807) is 0 Å². The fraction of sp³-hybridized carbons (Fsp3) is 0.750. The number of carbonyl (C=O) groups is 1. The van der Waals surface area contributed by atoms with E-state index in [1.807, 2.05) is 4.57 Å². The van der Waals surface area contributed by atoms with Crippen LogP contribution in [0.25, 0.3) is 0 Å². The third kappa shape index (κ3) is 1.90. The maximum atomic E-state index is 11.2. The molecule has 0 aromatic carbocycles. The van der Waals surface area contributed by atoms with Crippen LogP contribution in [-0.4, -0.2) is 32.4 Å². The predicted molar refractivity (Wildman–Crippen MR) is 62.2 cm³/mol. The lowest BCUT2D eigenvalue weighted by molar-refractivity contribution is -0.139. The second kappa shape index (κ2) is 4.68. The van der Waals surface area contributed by atoms with Crippen molar-refractivity contribution in [3.63, 3.8) is 0 Å². The van der Waals surface area contributed by atoms with E-state index in [1.165, 1.54) is 0 Å². The van der Waals surface area contributed by atoms with Crippen molar-refractivity contribution in [2.75, 3.05) is 6.61 Å². The molecule has 3 rings (SSSR count). The van der Waals surface area contributed by atoms with Crippen LogP contribution in [0.1, 0.15) is 55.8 Å². The van der Waals surface area contributed by atoms with Crippen LogP contribution in [0.5, 0.6) is 0 Å². The summed E-state index contributed by atoms with van der Waals surface area (Å²) in [5.74, 6) is 0.0941. The van der Waals surface area contributed by atoms with Crippen molar-refractivity contribution in [2.45, 2.75) is 50.7 Å². The second-order valence-corrected chi connectivity index (χ2v) is 4.96. The number of rotatable bonds is 2. The molecule has 2 aliphatic heterocycles. The molecule has 0 amide bonds. The van der Waals surface area contributed by atoms with Crippen molar-refractivity contribution in [3.05, 3.63) is 11.6 Å². The second-order valence-electron chi connectivity index (χ2n) is 4.96. The Bertz CT molecular complexity index is 451. The number of ether oxygens (including phenoxy) is 1. The molecule has 6 heteroatoms. The smallest absolute Gasteiger partial charge is 0.314 e. The molecule has 18 heavy (non-hydrogen) atoms. The summed E-state index contributed by atoms with van der Waals surface area (Å²) in [6.07, 6.45) is 4.69. The molecule has 2 atom stereocenters. The molecule has 0 saturated carbocycles. The largest absolute Gasteiger partial charge is 0.481 e. The van der Waals surface area contributed by atoms with Gasteiger partial charge in [-0.2, -0.15) is 0 Å². The molecule has 1 aromatic heterocycles. The lowest BCUT2D eigenvalue weighted by atomic mass is 9.99. The Morgan fingerprint density at radius 1 is 1.22 bits per heavy atom. The molecule has 3 heterocycles. The lowest BCUT2D eigenvalue weighted by Crippen LogP contribution is -2.25. The minimum Gasteiger partial charge on any atom is -0.481 e. The van der Waals surface area contributed by atoms with Crippen molar-refractivity contribution < 1.29 is 14.6 Å². The van der Waals surface area contributed by atoms with Crippen LogP contribution < -0.4 is 0 Å². The third-order valence-corrected chi connectivity index (χ3v) is 3.76. The SMILES string of the molecule is O=C(O)C1CCCn2c(C3CCCCO3)nnc21. The molecule has 0 aliphatic carbocycles. The van der Waals surface area contributed by atoms with Gasteiger partial charge < -0.3 is 14.4 Å². The number of nitrogens with zero attached hydrogens (tertiary/aromatic N) is 3. The molecule has 1 aromatic rings. The van der Waals surface area contributed by atoms with Crippen molar-refractivity contribution in [2.24, 2.45) is 0 Å². The van der Waals surface area contributed by atoms with Crippen LogP contribution in [0.4, 0.5) is 0 Å². The molecule has 1 N–H and O–H groups in total. The number of carboxylic acid groups (broad SMARTS) is 1. The maximum absolute atomic E-state index is 11.2. The summed E-state index contributed by atoms with van der Waals surface area (Å²) in [5, 5.41) is 17.5. The third-order valence-electron chi connectivity index (χ3n) is 3.76. The summed E-state index contributed by atoms with van der Waals surface area (Å²) in [4.78, 5) is 11.2. The van der Waals surface area contributed by atoms with Crippen LogP contribution >= 0.6 is 0 Å². The van der Waals surface area contributed by atoms with Crippen LogP contribution in [0.2, 0.25) is 0 Å². The Morgan fingerprint density at radius 2 is 2.06 bits per heavy atom. The van der Waals surface area contributed by atoms with Gasteiger partial charge in [-0.1, -0.05) is 0 Å². The summed E-state index contributed by atoms with van der Waals surface area (Å²) in [6, 6.07) is 0. The first kappa shape index (κ1) is 11.6.